The fourth-order valence-corrected chi connectivity index (χ4v) is 1.79. The molecular formula is C16H19N3O. The van der Waals surface area contributed by atoms with E-state index >= 15 is 0 Å². The molecule has 4 nitrogen and oxygen atoms in total. The normalized spacial score (nSPS) is 11.3. The third-order valence-electron chi connectivity index (χ3n) is 2.95. The molecule has 0 aliphatic heterocycles. The number of nitrogen functional groups attached to an aromatic ring is 1. The Morgan fingerprint density at radius 3 is 2.60 bits per heavy atom. The molecule has 0 aliphatic carbocycles. The third-order valence-corrected chi connectivity index (χ3v) is 2.95. The van der Waals surface area contributed by atoms with Crippen LogP contribution in [-0.4, -0.2) is 15.6 Å². The molecule has 0 bridgehead atoms. The van der Waals surface area contributed by atoms with E-state index in [0.717, 1.165) is 11.3 Å². The van der Waals surface area contributed by atoms with Crippen LogP contribution in [0.3, 0.4) is 0 Å². The molecule has 0 spiro atoms. The molecule has 20 heavy (non-hydrogen) atoms. The van der Waals surface area contributed by atoms with Gasteiger partial charge in [-0.05, 0) is 43.7 Å². The summed E-state index contributed by atoms with van der Waals surface area (Å²) in [5.74, 6) is 0.0378. The monoisotopic (exact) mass is 269 g/mol. The van der Waals surface area contributed by atoms with Crippen molar-refractivity contribution in [3.63, 3.8) is 0 Å². The average Bonchev–Trinajstić information content (AvgIpc) is 2.87. The zero-order valence-electron chi connectivity index (χ0n) is 11.8. The molecular weight excluding hydrogens is 250 g/mol. The van der Waals surface area contributed by atoms with Crippen molar-refractivity contribution in [2.24, 2.45) is 0 Å². The number of hydrogen-bond acceptors (Lipinski definition) is 3. The van der Waals surface area contributed by atoms with Gasteiger partial charge in [0.25, 0.3) is 0 Å². The lowest BCUT2D eigenvalue weighted by molar-refractivity contribution is -0.114. The molecule has 1 aromatic heterocycles. The molecule has 104 valence electrons. The average molecular weight is 269 g/mol. The minimum absolute atomic E-state index is 0.0378. The second-order valence-corrected chi connectivity index (χ2v) is 5.02. The predicted octanol–water partition coefficient (Wildman–Crippen LogP) is 2.87. The molecule has 0 radical (unpaired) electrons. The van der Waals surface area contributed by atoms with Gasteiger partial charge in [0, 0.05) is 17.9 Å². The van der Waals surface area contributed by atoms with Crippen LogP contribution in [0.1, 0.15) is 31.1 Å². The number of allylic oxidation sites excluding steroid dienone is 1. The molecule has 0 aliphatic rings. The van der Waals surface area contributed by atoms with E-state index in [2.05, 4.69) is 18.9 Å². The Bertz CT molecular complexity index is 609. The number of rotatable bonds is 5. The molecule has 2 N–H and O–H groups in total. The van der Waals surface area contributed by atoms with Crippen LogP contribution >= 0.6 is 0 Å². The summed E-state index contributed by atoms with van der Waals surface area (Å²) < 4.78 is 1.85. The fourth-order valence-electron chi connectivity index (χ4n) is 1.79. The van der Waals surface area contributed by atoms with Crippen molar-refractivity contribution < 1.29 is 4.79 Å². The molecule has 0 atom stereocenters. The minimum Gasteiger partial charge on any atom is -0.399 e. The zero-order chi connectivity index (χ0) is 14.5. The highest BCUT2D eigenvalue weighted by Gasteiger charge is 2.05. The maximum atomic E-state index is 11.9. The molecule has 2 aromatic rings. The van der Waals surface area contributed by atoms with Gasteiger partial charge in [0.15, 0.2) is 5.78 Å². The van der Waals surface area contributed by atoms with E-state index in [1.807, 2.05) is 41.2 Å². The summed E-state index contributed by atoms with van der Waals surface area (Å²) >= 11 is 0. The highest BCUT2D eigenvalue weighted by Crippen LogP contribution is 2.08. The third kappa shape index (κ3) is 3.82. The highest BCUT2D eigenvalue weighted by molar-refractivity contribution is 5.94. The quantitative estimate of drug-likeness (QED) is 0.670. The largest absolute Gasteiger partial charge is 0.399 e. The van der Waals surface area contributed by atoms with E-state index in [-0.39, 0.29) is 5.78 Å². The van der Waals surface area contributed by atoms with Gasteiger partial charge in [-0.25, -0.2) is 0 Å². The number of aromatic nitrogens is 2. The van der Waals surface area contributed by atoms with Crippen molar-refractivity contribution in [1.29, 1.82) is 0 Å². The van der Waals surface area contributed by atoms with E-state index in [4.69, 9.17) is 5.73 Å². The van der Waals surface area contributed by atoms with Gasteiger partial charge < -0.3 is 5.73 Å². The highest BCUT2D eigenvalue weighted by atomic mass is 16.1. The SMILES string of the molecule is CC(C)n1ccc(CC(=O)/C=C/c2ccc(N)cc2)n1. The predicted molar refractivity (Wildman–Crippen MR) is 81.2 cm³/mol. The summed E-state index contributed by atoms with van der Waals surface area (Å²) in [7, 11) is 0. The summed E-state index contributed by atoms with van der Waals surface area (Å²) in [4.78, 5) is 11.9. The van der Waals surface area contributed by atoms with E-state index < -0.39 is 0 Å². The van der Waals surface area contributed by atoms with E-state index in [9.17, 15) is 4.79 Å². The molecule has 2 rings (SSSR count). The molecule has 4 heteroatoms. The number of nitrogens with two attached hydrogens (primary N) is 1. The maximum absolute atomic E-state index is 11.9. The van der Waals surface area contributed by atoms with Gasteiger partial charge in [-0.2, -0.15) is 5.10 Å². The van der Waals surface area contributed by atoms with Gasteiger partial charge in [-0.15, -0.1) is 0 Å². The Morgan fingerprint density at radius 1 is 1.30 bits per heavy atom. The van der Waals surface area contributed by atoms with Gasteiger partial charge in [-0.3, -0.25) is 9.48 Å². The Kier molecular flexibility index (Phi) is 4.35. The second-order valence-electron chi connectivity index (χ2n) is 5.02. The number of nitrogens with zero attached hydrogens (tertiary/aromatic N) is 2. The van der Waals surface area contributed by atoms with Gasteiger partial charge in [0.05, 0.1) is 12.1 Å². The molecule has 0 saturated carbocycles. The molecule has 0 unspecified atom stereocenters. The Morgan fingerprint density at radius 2 is 2.00 bits per heavy atom. The van der Waals surface area contributed by atoms with Gasteiger partial charge in [-0.1, -0.05) is 18.2 Å². The lowest BCUT2D eigenvalue weighted by atomic mass is 10.1. The number of carbonyl (C=O) groups is 1. The Hall–Kier alpha value is -2.36. The first-order valence-corrected chi connectivity index (χ1v) is 6.65. The van der Waals surface area contributed by atoms with Crippen LogP contribution in [0, 0.1) is 0 Å². The van der Waals surface area contributed by atoms with Crippen molar-refractivity contribution in [1.82, 2.24) is 9.78 Å². The summed E-state index contributed by atoms with van der Waals surface area (Å²) in [6.45, 7) is 4.11. The smallest absolute Gasteiger partial charge is 0.161 e. The van der Waals surface area contributed by atoms with Crippen LogP contribution in [0.25, 0.3) is 6.08 Å². The molecule has 1 aromatic carbocycles. The van der Waals surface area contributed by atoms with Gasteiger partial charge >= 0.3 is 0 Å². The van der Waals surface area contributed by atoms with Crippen LogP contribution < -0.4 is 5.73 Å². The Labute approximate surface area is 118 Å². The number of ketones is 1. The lowest BCUT2D eigenvalue weighted by Crippen LogP contribution is -2.04. The van der Waals surface area contributed by atoms with Crippen LogP contribution in [0.4, 0.5) is 5.69 Å². The molecule has 0 amide bonds. The summed E-state index contributed by atoms with van der Waals surface area (Å²) in [6.07, 6.45) is 5.60. The van der Waals surface area contributed by atoms with E-state index in [1.165, 1.54) is 0 Å². The molecule has 0 saturated heterocycles. The number of benzene rings is 1. The van der Waals surface area contributed by atoms with Gasteiger partial charge in [0.2, 0.25) is 0 Å². The standard InChI is InChI=1S/C16H19N3O/c1-12(2)19-10-9-15(18-19)11-16(20)8-5-13-3-6-14(17)7-4-13/h3-10,12H,11,17H2,1-2H3/b8-5+. The fraction of sp³-hybridized carbons (Fsp3) is 0.250. The topological polar surface area (TPSA) is 60.9 Å². The number of hydrogen-bond donors (Lipinski definition) is 1. The molecule has 0 fully saturated rings. The summed E-state index contributed by atoms with van der Waals surface area (Å²) in [5, 5.41) is 4.36. The minimum atomic E-state index is 0.0378. The van der Waals surface area contributed by atoms with Crippen molar-refractivity contribution in [3.8, 4) is 0 Å². The first-order valence-electron chi connectivity index (χ1n) is 6.65. The van der Waals surface area contributed by atoms with Crippen molar-refractivity contribution in [2.75, 3.05) is 5.73 Å². The zero-order valence-corrected chi connectivity index (χ0v) is 11.8. The van der Waals surface area contributed by atoms with Crippen LogP contribution in [0.2, 0.25) is 0 Å². The first-order chi connectivity index (χ1) is 9.54. The number of anilines is 1. The van der Waals surface area contributed by atoms with Crippen LogP contribution in [0.15, 0.2) is 42.6 Å². The number of carbonyl (C=O) groups excluding carboxylic acids is 1. The van der Waals surface area contributed by atoms with Crippen LogP contribution in [-0.2, 0) is 11.2 Å². The first kappa shape index (κ1) is 14.1. The summed E-state index contributed by atoms with van der Waals surface area (Å²) in [5.41, 5.74) is 8.08. The lowest BCUT2D eigenvalue weighted by Gasteiger charge is -2.03. The van der Waals surface area contributed by atoms with Gasteiger partial charge in [0.1, 0.15) is 0 Å². The summed E-state index contributed by atoms with van der Waals surface area (Å²) in [6, 6.07) is 9.58. The second kappa shape index (κ2) is 6.19. The molecule has 1 heterocycles. The Balaban J connectivity index is 1.96. The van der Waals surface area contributed by atoms with Crippen molar-refractivity contribution >= 4 is 17.5 Å². The van der Waals surface area contributed by atoms with E-state index in [0.29, 0.717) is 18.2 Å². The van der Waals surface area contributed by atoms with E-state index in [1.54, 1.807) is 12.2 Å². The van der Waals surface area contributed by atoms with Crippen molar-refractivity contribution in [2.45, 2.75) is 26.3 Å². The van der Waals surface area contributed by atoms with Crippen molar-refractivity contribution in [3.05, 3.63) is 53.9 Å². The van der Waals surface area contributed by atoms with Crippen LogP contribution in [0.5, 0.6) is 0 Å². The maximum Gasteiger partial charge on any atom is 0.161 e.